The number of tetrazole rings is 1. The fourth-order valence-corrected chi connectivity index (χ4v) is 4.55. The lowest BCUT2D eigenvalue weighted by atomic mass is 9.97. The molecule has 2 atom stereocenters. The van der Waals surface area contributed by atoms with Crippen molar-refractivity contribution in [3.63, 3.8) is 0 Å². The van der Waals surface area contributed by atoms with E-state index >= 15 is 0 Å². The molecule has 0 saturated carbocycles. The highest BCUT2D eigenvalue weighted by Gasteiger charge is 2.30. The van der Waals surface area contributed by atoms with Gasteiger partial charge in [-0.3, -0.25) is 0 Å². The molecule has 7 nitrogen and oxygen atoms in total. The van der Waals surface area contributed by atoms with E-state index < -0.39 is 9.84 Å². The van der Waals surface area contributed by atoms with E-state index in [0.717, 1.165) is 25.8 Å². The highest BCUT2D eigenvalue weighted by atomic mass is 32.2. The van der Waals surface area contributed by atoms with E-state index in [-0.39, 0.29) is 12.0 Å². The first-order valence-electron chi connectivity index (χ1n) is 7.15. The van der Waals surface area contributed by atoms with E-state index in [4.69, 9.17) is 0 Å². The molecule has 1 aliphatic heterocycles. The number of rotatable bonds is 7. The number of hydrogen-bond donors (Lipinski definition) is 1. The maximum atomic E-state index is 11.5. The smallest absolute Gasteiger partial charge is 0.176 e. The molecule has 20 heavy (non-hydrogen) atoms. The van der Waals surface area contributed by atoms with Crippen LogP contribution in [0.25, 0.3) is 0 Å². The summed E-state index contributed by atoms with van der Waals surface area (Å²) in [5.41, 5.74) is 0. The van der Waals surface area contributed by atoms with Crippen molar-refractivity contribution in [3.05, 3.63) is 5.82 Å². The minimum Gasteiger partial charge on any atom is -0.314 e. The molecule has 8 heteroatoms. The van der Waals surface area contributed by atoms with E-state index in [1.807, 2.05) is 0 Å². The summed E-state index contributed by atoms with van der Waals surface area (Å²) >= 11 is 0. The number of aromatic nitrogens is 4. The topological polar surface area (TPSA) is 89.8 Å². The molecule has 1 saturated heterocycles. The number of nitrogens with one attached hydrogen (secondary N) is 1. The average Bonchev–Trinajstić information content (AvgIpc) is 2.92. The van der Waals surface area contributed by atoms with Crippen molar-refractivity contribution in [3.8, 4) is 0 Å². The number of hydrogen-bond acceptors (Lipinski definition) is 6. The Kier molecular flexibility index (Phi) is 5.09. The van der Waals surface area contributed by atoms with Gasteiger partial charge in [-0.1, -0.05) is 6.92 Å². The van der Waals surface area contributed by atoms with Crippen LogP contribution in [-0.4, -0.2) is 52.7 Å². The second-order valence-electron chi connectivity index (χ2n) is 5.56. The van der Waals surface area contributed by atoms with Crippen LogP contribution in [-0.2, 0) is 23.3 Å². The molecule has 0 aliphatic carbocycles. The van der Waals surface area contributed by atoms with Gasteiger partial charge < -0.3 is 5.32 Å². The highest BCUT2D eigenvalue weighted by Crippen LogP contribution is 2.23. The minimum absolute atomic E-state index is 0.220. The summed E-state index contributed by atoms with van der Waals surface area (Å²) in [6, 6.07) is 0.220. The highest BCUT2D eigenvalue weighted by molar-refractivity contribution is 7.91. The molecule has 0 aromatic carbocycles. The zero-order valence-corrected chi connectivity index (χ0v) is 12.9. The van der Waals surface area contributed by atoms with Gasteiger partial charge in [0.2, 0.25) is 0 Å². The van der Waals surface area contributed by atoms with Crippen molar-refractivity contribution in [1.29, 1.82) is 0 Å². The van der Waals surface area contributed by atoms with Crippen molar-refractivity contribution in [2.24, 2.45) is 13.0 Å². The second kappa shape index (κ2) is 6.62. The van der Waals surface area contributed by atoms with E-state index in [1.165, 1.54) is 4.80 Å². The molecule has 2 unspecified atom stereocenters. The molecule has 1 N–H and O–H groups in total. The van der Waals surface area contributed by atoms with Gasteiger partial charge in [-0.15, -0.1) is 10.2 Å². The molecule has 114 valence electrons. The van der Waals surface area contributed by atoms with Crippen LogP contribution in [0.15, 0.2) is 0 Å². The molecule has 0 spiro atoms. The van der Waals surface area contributed by atoms with Crippen LogP contribution in [0, 0.1) is 5.92 Å². The molecule has 0 bridgehead atoms. The van der Waals surface area contributed by atoms with Gasteiger partial charge in [0.1, 0.15) is 0 Å². The second-order valence-corrected chi connectivity index (χ2v) is 7.78. The van der Waals surface area contributed by atoms with Gasteiger partial charge in [0.25, 0.3) is 0 Å². The minimum atomic E-state index is -2.81. The number of aryl methyl sites for hydroxylation is 1. The zero-order chi connectivity index (χ0) is 14.6. The quantitative estimate of drug-likeness (QED) is 0.759. The first-order valence-corrected chi connectivity index (χ1v) is 8.97. The third-order valence-corrected chi connectivity index (χ3v) is 5.44. The van der Waals surface area contributed by atoms with E-state index in [2.05, 4.69) is 27.7 Å². The summed E-state index contributed by atoms with van der Waals surface area (Å²) in [5, 5.41) is 15.5. The maximum Gasteiger partial charge on any atom is 0.176 e. The van der Waals surface area contributed by atoms with E-state index in [0.29, 0.717) is 23.8 Å². The fraction of sp³-hybridized carbons (Fsp3) is 0.917. The Morgan fingerprint density at radius 2 is 2.30 bits per heavy atom. The predicted molar refractivity (Wildman–Crippen MR) is 76.0 cm³/mol. The van der Waals surface area contributed by atoms with Crippen molar-refractivity contribution >= 4 is 9.84 Å². The lowest BCUT2D eigenvalue weighted by Gasteiger charge is -2.20. The number of nitrogens with zero attached hydrogens (tertiary/aromatic N) is 4. The van der Waals surface area contributed by atoms with Crippen LogP contribution in [0.2, 0.25) is 0 Å². The van der Waals surface area contributed by atoms with Crippen LogP contribution in [0.5, 0.6) is 0 Å². The van der Waals surface area contributed by atoms with Crippen molar-refractivity contribution < 1.29 is 8.42 Å². The molecular weight excluding hydrogens is 278 g/mol. The summed E-state index contributed by atoms with van der Waals surface area (Å²) in [4.78, 5) is 1.45. The standard InChI is InChI=1S/C12H23N5O2S/c1-3-5-13-11(8-12-14-16-17(2)15-12)7-10-4-6-20(18,19)9-10/h10-11,13H,3-9H2,1-2H3. The third-order valence-electron chi connectivity index (χ3n) is 3.61. The molecule has 1 aliphatic rings. The first kappa shape index (κ1) is 15.4. The van der Waals surface area contributed by atoms with Gasteiger partial charge in [0, 0.05) is 12.5 Å². The van der Waals surface area contributed by atoms with Crippen molar-refractivity contribution in [2.75, 3.05) is 18.1 Å². The molecule has 0 radical (unpaired) electrons. The molecular formula is C12H23N5O2S. The van der Waals surface area contributed by atoms with Crippen molar-refractivity contribution in [1.82, 2.24) is 25.5 Å². The van der Waals surface area contributed by atoms with Gasteiger partial charge >= 0.3 is 0 Å². The normalized spacial score (nSPS) is 23.0. The van der Waals surface area contributed by atoms with Gasteiger partial charge in [0.15, 0.2) is 15.7 Å². The summed E-state index contributed by atoms with van der Waals surface area (Å²) in [7, 11) is -1.06. The Hall–Kier alpha value is -1.02. The molecule has 1 aromatic rings. The van der Waals surface area contributed by atoms with Crippen LogP contribution in [0.3, 0.4) is 0 Å². The van der Waals surface area contributed by atoms with Crippen LogP contribution in [0.4, 0.5) is 0 Å². The van der Waals surface area contributed by atoms with E-state index in [9.17, 15) is 8.42 Å². The van der Waals surface area contributed by atoms with E-state index in [1.54, 1.807) is 7.05 Å². The molecule has 1 fully saturated rings. The average molecular weight is 301 g/mol. The maximum absolute atomic E-state index is 11.5. The Morgan fingerprint density at radius 3 is 2.85 bits per heavy atom. The summed E-state index contributed by atoms with van der Waals surface area (Å²) in [6.07, 6.45) is 3.38. The Bertz CT molecular complexity index is 528. The zero-order valence-electron chi connectivity index (χ0n) is 12.1. The summed E-state index contributed by atoms with van der Waals surface area (Å²) in [5.74, 6) is 1.63. The third kappa shape index (κ3) is 4.52. The molecule has 1 aromatic heterocycles. The Balaban J connectivity index is 1.93. The lowest BCUT2D eigenvalue weighted by molar-refractivity contribution is 0.397. The SMILES string of the molecule is CCCNC(Cc1nnn(C)n1)CC1CCS(=O)(=O)C1. The largest absolute Gasteiger partial charge is 0.314 e. The Morgan fingerprint density at radius 1 is 1.50 bits per heavy atom. The molecule has 0 amide bonds. The van der Waals surface area contributed by atoms with Gasteiger partial charge in [-0.2, -0.15) is 4.80 Å². The Labute approximate surface area is 120 Å². The predicted octanol–water partition coefficient (Wildman–Crippen LogP) is -0.0544. The number of sulfone groups is 1. The first-order chi connectivity index (χ1) is 9.48. The van der Waals surface area contributed by atoms with Crippen LogP contribution < -0.4 is 5.32 Å². The van der Waals surface area contributed by atoms with Gasteiger partial charge in [-0.05, 0) is 36.9 Å². The monoisotopic (exact) mass is 301 g/mol. The van der Waals surface area contributed by atoms with Crippen molar-refractivity contribution in [2.45, 2.75) is 38.6 Å². The van der Waals surface area contributed by atoms with Crippen LogP contribution >= 0.6 is 0 Å². The van der Waals surface area contributed by atoms with Gasteiger partial charge in [0.05, 0.1) is 18.6 Å². The van der Waals surface area contributed by atoms with Gasteiger partial charge in [-0.25, -0.2) is 8.42 Å². The molecule has 2 rings (SSSR count). The molecule has 2 heterocycles. The fourth-order valence-electron chi connectivity index (χ4n) is 2.67. The summed E-state index contributed by atoms with van der Waals surface area (Å²) < 4.78 is 23.1. The lowest BCUT2D eigenvalue weighted by Crippen LogP contribution is -2.34. The van der Waals surface area contributed by atoms with Crippen LogP contribution in [0.1, 0.15) is 32.0 Å². The summed E-state index contributed by atoms with van der Waals surface area (Å²) in [6.45, 7) is 3.04.